The molecule has 1 saturated heterocycles. The lowest BCUT2D eigenvalue weighted by Gasteiger charge is -2.34. The van der Waals surface area contributed by atoms with E-state index in [0.29, 0.717) is 6.54 Å². The maximum Gasteiger partial charge on any atom is 0.263 e. The normalized spacial score (nSPS) is 14.8. The minimum atomic E-state index is -3.90. The first-order chi connectivity index (χ1) is 16.2. The van der Waals surface area contributed by atoms with Crippen molar-refractivity contribution in [1.29, 1.82) is 0 Å². The number of sulfonamides is 1. The van der Waals surface area contributed by atoms with Crippen LogP contribution in [0.5, 0.6) is 5.75 Å². The summed E-state index contributed by atoms with van der Waals surface area (Å²) in [4.78, 5) is 27.5. The third kappa shape index (κ3) is 4.76. The van der Waals surface area contributed by atoms with Crippen LogP contribution in [0.25, 0.3) is 0 Å². The highest BCUT2D eigenvalue weighted by Crippen LogP contribution is 2.27. The predicted molar refractivity (Wildman–Crippen MR) is 128 cm³/mol. The van der Waals surface area contributed by atoms with Crippen molar-refractivity contribution in [3.05, 3.63) is 93.4 Å². The summed E-state index contributed by atoms with van der Waals surface area (Å²) < 4.78 is 28.8. The lowest BCUT2D eigenvalue weighted by molar-refractivity contribution is 0.0695. The zero-order valence-electron chi connectivity index (χ0n) is 19.1. The van der Waals surface area contributed by atoms with Crippen LogP contribution in [0.15, 0.2) is 70.5 Å². The summed E-state index contributed by atoms with van der Waals surface area (Å²) >= 11 is 0. The Kier molecular flexibility index (Phi) is 6.58. The molecule has 2 aromatic carbocycles. The number of carbonyl (C=O) groups is 1. The van der Waals surface area contributed by atoms with Crippen molar-refractivity contribution in [2.75, 3.05) is 26.2 Å². The average Bonchev–Trinajstić information content (AvgIpc) is 2.81. The first-order valence-electron chi connectivity index (χ1n) is 11.0. The zero-order chi connectivity index (χ0) is 24.5. The number of rotatable bonds is 5. The quantitative estimate of drug-likeness (QED) is 0.603. The number of benzene rings is 2. The number of piperazine rings is 1. The largest absolute Gasteiger partial charge is 0.507 e. The van der Waals surface area contributed by atoms with Gasteiger partial charge in [0.1, 0.15) is 16.2 Å². The van der Waals surface area contributed by atoms with Crippen LogP contribution in [0.1, 0.15) is 27.0 Å². The van der Waals surface area contributed by atoms with Gasteiger partial charge >= 0.3 is 0 Å². The van der Waals surface area contributed by atoms with Gasteiger partial charge in [-0.25, -0.2) is 8.42 Å². The van der Waals surface area contributed by atoms with E-state index in [1.165, 1.54) is 32.0 Å². The van der Waals surface area contributed by atoms with Crippen LogP contribution in [0.4, 0.5) is 0 Å². The van der Waals surface area contributed by atoms with Gasteiger partial charge in [0, 0.05) is 32.4 Å². The van der Waals surface area contributed by atoms with Gasteiger partial charge < -0.3 is 14.6 Å². The van der Waals surface area contributed by atoms with Gasteiger partial charge in [-0.15, -0.1) is 0 Å². The third-order valence-electron chi connectivity index (χ3n) is 5.94. The summed E-state index contributed by atoms with van der Waals surface area (Å²) in [6.45, 7) is 4.53. The number of amides is 1. The standard InChI is InChI=1S/C25H27N3O5S/c1-18-5-3-6-20(15-18)17-27-10-4-7-21(25(27)31)24(30)26-11-13-28(14-12-26)34(32,33)23-16-19(2)8-9-22(23)29/h3-10,15-16,29H,11-14,17H2,1-2H3. The van der Waals surface area contributed by atoms with Crippen molar-refractivity contribution in [3.8, 4) is 5.75 Å². The van der Waals surface area contributed by atoms with E-state index in [2.05, 4.69) is 0 Å². The summed E-state index contributed by atoms with van der Waals surface area (Å²) in [5, 5.41) is 10.1. The monoisotopic (exact) mass is 481 g/mol. The maximum absolute atomic E-state index is 13.1. The van der Waals surface area contributed by atoms with Gasteiger partial charge in [0.05, 0.1) is 6.54 Å². The average molecular weight is 482 g/mol. The Hall–Kier alpha value is -3.43. The Morgan fingerprint density at radius 3 is 2.35 bits per heavy atom. The molecule has 0 aliphatic carbocycles. The third-order valence-corrected chi connectivity index (χ3v) is 7.87. The molecule has 0 saturated carbocycles. The van der Waals surface area contributed by atoms with Crippen LogP contribution in [0.3, 0.4) is 0 Å². The first-order valence-corrected chi connectivity index (χ1v) is 12.4. The van der Waals surface area contributed by atoms with E-state index in [4.69, 9.17) is 0 Å². The van der Waals surface area contributed by atoms with Crippen molar-refractivity contribution in [2.24, 2.45) is 0 Å². The molecule has 0 radical (unpaired) electrons. The molecule has 0 unspecified atom stereocenters. The summed E-state index contributed by atoms with van der Waals surface area (Å²) in [6, 6.07) is 15.4. The van der Waals surface area contributed by atoms with Crippen molar-refractivity contribution < 1.29 is 18.3 Å². The van der Waals surface area contributed by atoms with Crippen LogP contribution in [0, 0.1) is 13.8 Å². The van der Waals surface area contributed by atoms with Crippen molar-refractivity contribution in [1.82, 2.24) is 13.8 Å². The van der Waals surface area contributed by atoms with Crippen LogP contribution in [-0.2, 0) is 16.6 Å². The van der Waals surface area contributed by atoms with Gasteiger partial charge in [0.15, 0.2) is 0 Å². The molecule has 1 amide bonds. The molecule has 178 valence electrons. The maximum atomic E-state index is 13.1. The number of hydrogen-bond acceptors (Lipinski definition) is 5. The molecule has 1 N–H and O–H groups in total. The Labute approximate surface area is 198 Å². The number of aromatic hydroxyl groups is 1. The number of nitrogens with zero attached hydrogens (tertiary/aromatic N) is 3. The number of aryl methyl sites for hydroxylation is 2. The molecule has 9 heteroatoms. The van der Waals surface area contributed by atoms with Crippen LogP contribution in [-0.4, -0.2) is 59.4 Å². The number of pyridine rings is 1. The van der Waals surface area contributed by atoms with Crippen LogP contribution in [0.2, 0.25) is 0 Å². The number of aromatic nitrogens is 1. The van der Waals surface area contributed by atoms with Crippen LogP contribution >= 0.6 is 0 Å². The fourth-order valence-corrected chi connectivity index (χ4v) is 5.69. The second-order valence-electron chi connectivity index (χ2n) is 8.51. The van der Waals surface area contributed by atoms with Crippen molar-refractivity contribution in [3.63, 3.8) is 0 Å². The number of hydrogen-bond donors (Lipinski definition) is 1. The molecule has 8 nitrogen and oxygen atoms in total. The van der Waals surface area contributed by atoms with E-state index >= 15 is 0 Å². The van der Waals surface area contributed by atoms with E-state index in [1.807, 2.05) is 31.2 Å². The van der Waals surface area contributed by atoms with Crippen molar-refractivity contribution >= 4 is 15.9 Å². The number of phenolic OH excluding ortho intramolecular Hbond substituents is 1. The second kappa shape index (κ2) is 9.44. The molecule has 1 aliphatic rings. The van der Waals surface area contributed by atoms with Gasteiger partial charge in [-0.05, 0) is 49.2 Å². The van der Waals surface area contributed by atoms with E-state index in [-0.39, 0.29) is 47.9 Å². The molecular formula is C25H27N3O5S. The summed E-state index contributed by atoms with van der Waals surface area (Å²) in [5.74, 6) is -0.721. The molecule has 1 fully saturated rings. The van der Waals surface area contributed by atoms with E-state index in [0.717, 1.165) is 16.7 Å². The van der Waals surface area contributed by atoms with Crippen LogP contribution < -0.4 is 5.56 Å². The Balaban J connectivity index is 1.49. The predicted octanol–water partition coefficient (Wildman–Crippen LogP) is 2.37. The highest BCUT2D eigenvalue weighted by Gasteiger charge is 2.32. The second-order valence-corrected chi connectivity index (χ2v) is 10.4. The molecule has 1 aliphatic heterocycles. The highest BCUT2D eigenvalue weighted by molar-refractivity contribution is 7.89. The zero-order valence-corrected chi connectivity index (χ0v) is 20.0. The fourth-order valence-electron chi connectivity index (χ4n) is 4.10. The van der Waals surface area contributed by atoms with Gasteiger partial charge in [-0.2, -0.15) is 4.31 Å². The molecule has 4 rings (SSSR count). The lowest BCUT2D eigenvalue weighted by atomic mass is 10.1. The van der Waals surface area contributed by atoms with E-state index in [1.54, 1.807) is 25.3 Å². The molecule has 0 bridgehead atoms. The Bertz CT molecular complexity index is 1390. The minimum absolute atomic E-state index is 0.0581. The molecule has 1 aromatic heterocycles. The number of phenols is 1. The van der Waals surface area contributed by atoms with Gasteiger partial charge in [-0.3, -0.25) is 9.59 Å². The SMILES string of the molecule is Cc1cccc(Cn2cccc(C(=O)N3CCN(S(=O)(=O)c4cc(C)ccc4O)CC3)c2=O)c1. The Morgan fingerprint density at radius 1 is 0.941 bits per heavy atom. The summed E-state index contributed by atoms with van der Waals surface area (Å²) in [5.41, 5.74) is 2.45. The molecule has 0 atom stereocenters. The topological polar surface area (TPSA) is 99.9 Å². The summed E-state index contributed by atoms with van der Waals surface area (Å²) in [6.07, 6.45) is 1.65. The number of carbonyl (C=O) groups excluding carboxylic acids is 1. The van der Waals surface area contributed by atoms with Gasteiger partial charge in [-0.1, -0.05) is 35.9 Å². The lowest BCUT2D eigenvalue weighted by Crippen LogP contribution is -2.51. The van der Waals surface area contributed by atoms with Gasteiger partial charge in [0.25, 0.3) is 11.5 Å². The Morgan fingerprint density at radius 2 is 1.65 bits per heavy atom. The van der Waals surface area contributed by atoms with E-state index < -0.39 is 15.9 Å². The smallest absolute Gasteiger partial charge is 0.263 e. The minimum Gasteiger partial charge on any atom is -0.507 e. The van der Waals surface area contributed by atoms with Crippen molar-refractivity contribution in [2.45, 2.75) is 25.3 Å². The highest BCUT2D eigenvalue weighted by atomic mass is 32.2. The summed E-state index contributed by atoms with van der Waals surface area (Å²) in [7, 11) is -3.90. The fraction of sp³-hybridized carbons (Fsp3) is 0.280. The molecular weight excluding hydrogens is 454 g/mol. The van der Waals surface area contributed by atoms with E-state index in [9.17, 15) is 23.1 Å². The molecule has 2 heterocycles. The first kappa shape index (κ1) is 23.7. The molecule has 0 spiro atoms. The molecule has 34 heavy (non-hydrogen) atoms. The molecule has 3 aromatic rings. The van der Waals surface area contributed by atoms with Gasteiger partial charge in [0.2, 0.25) is 10.0 Å².